The molecule has 0 aliphatic heterocycles. The van der Waals surface area contributed by atoms with Crippen LogP contribution in [0.2, 0.25) is 5.02 Å². The topological polar surface area (TPSA) is 59.1 Å². The molecule has 0 fully saturated rings. The van der Waals surface area contributed by atoms with E-state index < -0.39 is 0 Å². The van der Waals surface area contributed by atoms with Crippen LogP contribution in [-0.4, -0.2) is 12.4 Å². The molecule has 3 nitrogen and oxygen atoms in total. The van der Waals surface area contributed by atoms with Crippen molar-refractivity contribution in [1.82, 2.24) is 0 Å². The van der Waals surface area contributed by atoms with Gasteiger partial charge in [0.15, 0.2) is 0 Å². The number of amidine groups is 1. The Morgan fingerprint density at radius 3 is 2.53 bits per heavy atom. The van der Waals surface area contributed by atoms with Crippen molar-refractivity contribution in [3.8, 4) is 5.75 Å². The highest BCUT2D eigenvalue weighted by Gasteiger charge is 2.04. The van der Waals surface area contributed by atoms with E-state index in [4.69, 9.17) is 27.5 Å². The first-order valence-electron chi connectivity index (χ1n) is 6.92. The van der Waals surface area contributed by atoms with Gasteiger partial charge in [0.2, 0.25) is 0 Å². The van der Waals surface area contributed by atoms with Crippen molar-refractivity contribution >= 4 is 17.4 Å². The number of ether oxygens (including phenoxy) is 1. The maximum absolute atomic E-state index is 7.35. The summed E-state index contributed by atoms with van der Waals surface area (Å²) in [5.41, 5.74) is 5.95. The first-order valence-corrected chi connectivity index (χ1v) is 7.29. The second kappa shape index (κ2) is 8.81. The largest absolute Gasteiger partial charge is 0.494 e. The molecule has 19 heavy (non-hydrogen) atoms. The van der Waals surface area contributed by atoms with Gasteiger partial charge in [-0.15, -0.1) is 0 Å². The Kier molecular flexibility index (Phi) is 7.34. The molecule has 0 bridgehead atoms. The van der Waals surface area contributed by atoms with Gasteiger partial charge in [-0.3, -0.25) is 5.41 Å². The maximum atomic E-state index is 7.35. The molecule has 3 N–H and O–H groups in total. The Bertz CT molecular complexity index is 407. The molecule has 0 saturated carbocycles. The molecule has 0 saturated heterocycles. The van der Waals surface area contributed by atoms with E-state index in [1.165, 1.54) is 32.1 Å². The molecular formula is C15H23ClN2O. The molecule has 0 heterocycles. The van der Waals surface area contributed by atoms with Gasteiger partial charge in [0.05, 0.1) is 11.6 Å². The first-order chi connectivity index (χ1) is 9.15. The van der Waals surface area contributed by atoms with E-state index in [0.717, 1.165) is 12.2 Å². The molecule has 0 aliphatic rings. The lowest BCUT2D eigenvalue weighted by atomic mass is 10.1. The molecule has 1 aromatic rings. The molecule has 0 aliphatic carbocycles. The van der Waals surface area contributed by atoms with E-state index in [9.17, 15) is 0 Å². The molecule has 106 valence electrons. The molecule has 0 aromatic heterocycles. The van der Waals surface area contributed by atoms with Gasteiger partial charge in [0, 0.05) is 5.56 Å². The van der Waals surface area contributed by atoms with Gasteiger partial charge in [-0.2, -0.15) is 0 Å². The van der Waals surface area contributed by atoms with Crippen molar-refractivity contribution in [2.24, 2.45) is 5.73 Å². The number of hydrogen-bond acceptors (Lipinski definition) is 2. The third kappa shape index (κ3) is 5.97. The van der Waals surface area contributed by atoms with E-state index in [1.54, 1.807) is 18.2 Å². The minimum absolute atomic E-state index is 0.0209. The van der Waals surface area contributed by atoms with Crippen LogP contribution in [0.15, 0.2) is 18.2 Å². The summed E-state index contributed by atoms with van der Waals surface area (Å²) in [6, 6.07) is 5.25. The van der Waals surface area contributed by atoms with E-state index in [1.807, 2.05) is 0 Å². The van der Waals surface area contributed by atoms with Crippen LogP contribution in [0.25, 0.3) is 0 Å². The highest BCUT2D eigenvalue weighted by atomic mass is 35.5. The average Bonchev–Trinajstić information content (AvgIpc) is 2.37. The minimum Gasteiger partial charge on any atom is -0.494 e. The van der Waals surface area contributed by atoms with Crippen LogP contribution in [0.3, 0.4) is 0 Å². The van der Waals surface area contributed by atoms with Gasteiger partial charge in [0.1, 0.15) is 11.6 Å². The summed E-state index contributed by atoms with van der Waals surface area (Å²) in [7, 11) is 0. The van der Waals surface area contributed by atoms with Gasteiger partial charge in [-0.1, -0.05) is 50.6 Å². The summed E-state index contributed by atoms with van der Waals surface area (Å²) in [6.45, 7) is 2.93. The average molecular weight is 283 g/mol. The van der Waals surface area contributed by atoms with Gasteiger partial charge >= 0.3 is 0 Å². The van der Waals surface area contributed by atoms with Gasteiger partial charge in [0.25, 0.3) is 0 Å². The number of nitrogens with two attached hydrogens (primary N) is 1. The maximum Gasteiger partial charge on any atom is 0.124 e. The lowest BCUT2D eigenvalue weighted by molar-refractivity contribution is 0.304. The van der Waals surface area contributed by atoms with Crippen LogP contribution in [0, 0.1) is 5.41 Å². The Morgan fingerprint density at radius 2 is 1.89 bits per heavy atom. The van der Waals surface area contributed by atoms with Crippen LogP contribution >= 0.6 is 11.6 Å². The fourth-order valence-corrected chi connectivity index (χ4v) is 2.15. The van der Waals surface area contributed by atoms with Gasteiger partial charge < -0.3 is 10.5 Å². The zero-order valence-corrected chi connectivity index (χ0v) is 12.3. The van der Waals surface area contributed by atoms with Crippen molar-refractivity contribution in [3.63, 3.8) is 0 Å². The number of halogens is 1. The quantitative estimate of drug-likeness (QED) is 0.401. The van der Waals surface area contributed by atoms with Crippen molar-refractivity contribution in [2.45, 2.75) is 45.4 Å². The standard InChI is InChI=1S/C15H23ClN2O/c1-2-3-4-5-6-7-10-19-12-8-9-13(15(17)18)14(16)11-12/h8-9,11H,2-7,10H2,1H3,(H3,17,18). The second-order valence-corrected chi connectivity index (χ2v) is 5.08. The highest BCUT2D eigenvalue weighted by Crippen LogP contribution is 2.22. The molecule has 0 atom stereocenters. The number of hydrogen-bond donors (Lipinski definition) is 2. The number of unbranched alkanes of at least 4 members (excludes halogenated alkanes) is 5. The second-order valence-electron chi connectivity index (χ2n) is 4.67. The van der Waals surface area contributed by atoms with E-state index in [0.29, 0.717) is 17.2 Å². The van der Waals surface area contributed by atoms with Crippen LogP contribution in [0.5, 0.6) is 5.75 Å². The first kappa shape index (κ1) is 15.8. The Labute approximate surface area is 120 Å². The lowest BCUT2D eigenvalue weighted by Gasteiger charge is -2.08. The number of benzene rings is 1. The summed E-state index contributed by atoms with van der Waals surface area (Å²) in [6.07, 6.45) is 7.46. The van der Waals surface area contributed by atoms with E-state index in [2.05, 4.69) is 6.92 Å². The molecule has 1 rings (SSSR count). The fourth-order valence-electron chi connectivity index (χ4n) is 1.88. The smallest absolute Gasteiger partial charge is 0.124 e. The van der Waals surface area contributed by atoms with Crippen LogP contribution in [0.1, 0.15) is 51.0 Å². The third-order valence-corrected chi connectivity index (χ3v) is 3.31. The lowest BCUT2D eigenvalue weighted by Crippen LogP contribution is -2.11. The summed E-state index contributed by atoms with van der Waals surface area (Å²) in [4.78, 5) is 0. The molecular weight excluding hydrogens is 260 g/mol. The monoisotopic (exact) mass is 282 g/mol. The zero-order chi connectivity index (χ0) is 14.1. The number of nitrogen functional groups attached to an aromatic ring is 1. The van der Waals surface area contributed by atoms with E-state index in [-0.39, 0.29) is 5.84 Å². The van der Waals surface area contributed by atoms with E-state index >= 15 is 0 Å². The Morgan fingerprint density at radius 1 is 1.21 bits per heavy atom. The molecule has 0 spiro atoms. The Hall–Kier alpha value is -1.22. The van der Waals surface area contributed by atoms with Crippen LogP contribution < -0.4 is 10.5 Å². The fraction of sp³-hybridized carbons (Fsp3) is 0.533. The number of rotatable bonds is 9. The van der Waals surface area contributed by atoms with Crippen molar-refractivity contribution < 1.29 is 4.74 Å². The molecule has 1 aromatic carbocycles. The minimum atomic E-state index is -0.0209. The normalized spacial score (nSPS) is 10.4. The van der Waals surface area contributed by atoms with Crippen molar-refractivity contribution in [2.75, 3.05) is 6.61 Å². The predicted molar refractivity (Wildman–Crippen MR) is 81.3 cm³/mol. The highest BCUT2D eigenvalue weighted by molar-refractivity contribution is 6.34. The summed E-state index contributed by atoms with van der Waals surface area (Å²) in [5, 5.41) is 7.81. The van der Waals surface area contributed by atoms with Crippen molar-refractivity contribution in [1.29, 1.82) is 5.41 Å². The SMILES string of the molecule is CCCCCCCCOc1ccc(C(=N)N)c(Cl)c1. The predicted octanol–water partition coefficient (Wildman–Crippen LogP) is 4.36. The number of nitrogens with one attached hydrogen (secondary N) is 1. The van der Waals surface area contributed by atoms with Gasteiger partial charge in [-0.25, -0.2) is 0 Å². The molecule has 0 unspecified atom stereocenters. The summed E-state index contributed by atoms with van der Waals surface area (Å²) < 4.78 is 5.63. The molecule has 0 radical (unpaired) electrons. The third-order valence-electron chi connectivity index (χ3n) is 3.00. The zero-order valence-electron chi connectivity index (χ0n) is 11.5. The van der Waals surface area contributed by atoms with Crippen LogP contribution in [-0.2, 0) is 0 Å². The molecule has 4 heteroatoms. The summed E-state index contributed by atoms with van der Waals surface area (Å²) in [5.74, 6) is 0.719. The summed E-state index contributed by atoms with van der Waals surface area (Å²) >= 11 is 6.02. The Balaban J connectivity index is 2.26. The van der Waals surface area contributed by atoms with Gasteiger partial charge in [-0.05, 0) is 24.6 Å². The van der Waals surface area contributed by atoms with Crippen LogP contribution in [0.4, 0.5) is 0 Å². The van der Waals surface area contributed by atoms with Crippen molar-refractivity contribution in [3.05, 3.63) is 28.8 Å². The molecule has 0 amide bonds.